The molecule has 0 bridgehead atoms. The van der Waals surface area contributed by atoms with Gasteiger partial charge < -0.3 is 9.13 Å². The molecule has 0 saturated heterocycles. The van der Waals surface area contributed by atoms with Gasteiger partial charge in [0.25, 0.3) is 0 Å². The maximum Gasteiger partial charge on any atom is 0.0601 e. The molecule has 0 amide bonds. The second kappa shape index (κ2) is 10.9. The molecule has 11 rings (SSSR count). The van der Waals surface area contributed by atoms with Crippen LogP contribution in [0.5, 0.6) is 0 Å². The fourth-order valence-electron chi connectivity index (χ4n) is 8.61. The Morgan fingerprint density at radius 1 is 0.392 bits per heavy atom. The maximum atomic E-state index is 4.87. The van der Waals surface area contributed by atoms with Gasteiger partial charge in [-0.25, -0.2) is 0 Å². The summed E-state index contributed by atoms with van der Waals surface area (Å²) in [7, 11) is 0. The van der Waals surface area contributed by atoms with Crippen LogP contribution in [0.15, 0.2) is 182 Å². The third kappa shape index (κ3) is 4.15. The third-order valence-electron chi connectivity index (χ3n) is 10.9. The number of benzene rings is 7. The summed E-state index contributed by atoms with van der Waals surface area (Å²) < 4.78 is 4.80. The van der Waals surface area contributed by atoms with Crippen LogP contribution in [0.1, 0.15) is 22.7 Å². The van der Waals surface area contributed by atoms with Crippen LogP contribution < -0.4 is 0 Å². The fourth-order valence-corrected chi connectivity index (χ4v) is 8.61. The lowest BCUT2D eigenvalue weighted by Gasteiger charge is -2.14. The van der Waals surface area contributed by atoms with Gasteiger partial charge in [0, 0.05) is 44.7 Å². The Bertz CT molecular complexity index is 2910. The summed E-state index contributed by atoms with van der Waals surface area (Å²) >= 11 is 0. The van der Waals surface area contributed by atoms with E-state index in [1.54, 1.807) is 0 Å². The number of rotatable bonds is 4. The van der Waals surface area contributed by atoms with Crippen molar-refractivity contribution in [3.05, 3.63) is 199 Å². The molecule has 51 heavy (non-hydrogen) atoms. The SMILES string of the molecule is c1ccc([C@@H]2c3ccc(-c4ccc(-n5c6ccccc6c6cc(-n7c8ccccc8c8ccccc87)ccc65)cc4)cc3-c3cccnc32)cc1. The molecule has 1 aliphatic carbocycles. The van der Waals surface area contributed by atoms with Crippen molar-refractivity contribution >= 4 is 43.6 Å². The van der Waals surface area contributed by atoms with Gasteiger partial charge in [-0.2, -0.15) is 0 Å². The Morgan fingerprint density at radius 3 is 1.67 bits per heavy atom. The highest BCUT2D eigenvalue weighted by Crippen LogP contribution is 2.48. The molecule has 238 valence electrons. The van der Waals surface area contributed by atoms with Crippen molar-refractivity contribution in [2.24, 2.45) is 0 Å². The molecule has 1 aliphatic rings. The number of para-hydroxylation sites is 3. The molecule has 1 atom stereocenters. The molecule has 0 fully saturated rings. The summed E-state index contributed by atoms with van der Waals surface area (Å²) in [5, 5.41) is 5.04. The van der Waals surface area contributed by atoms with Crippen molar-refractivity contribution in [2.75, 3.05) is 0 Å². The zero-order valence-corrected chi connectivity index (χ0v) is 27.7. The first-order valence-corrected chi connectivity index (χ1v) is 17.6. The highest BCUT2D eigenvalue weighted by Gasteiger charge is 2.31. The zero-order valence-electron chi connectivity index (χ0n) is 27.7. The summed E-state index contributed by atoms with van der Waals surface area (Å²) in [4.78, 5) is 4.87. The van der Waals surface area contributed by atoms with Gasteiger partial charge in [0.15, 0.2) is 0 Å². The van der Waals surface area contributed by atoms with E-state index in [1.165, 1.54) is 82.7 Å². The first kappa shape index (κ1) is 28.2. The van der Waals surface area contributed by atoms with E-state index in [2.05, 4.69) is 185 Å². The van der Waals surface area contributed by atoms with E-state index < -0.39 is 0 Å². The van der Waals surface area contributed by atoms with Crippen molar-refractivity contribution in [2.45, 2.75) is 5.92 Å². The van der Waals surface area contributed by atoms with Crippen molar-refractivity contribution in [3.63, 3.8) is 0 Å². The van der Waals surface area contributed by atoms with E-state index in [0.29, 0.717) is 0 Å². The lowest BCUT2D eigenvalue weighted by atomic mass is 9.91. The van der Waals surface area contributed by atoms with Crippen LogP contribution in [0.2, 0.25) is 0 Å². The maximum absolute atomic E-state index is 4.87. The van der Waals surface area contributed by atoms with Gasteiger partial charge in [-0.1, -0.05) is 115 Å². The summed E-state index contributed by atoms with van der Waals surface area (Å²) in [6.07, 6.45) is 1.92. The number of hydrogen-bond donors (Lipinski definition) is 0. The summed E-state index contributed by atoms with van der Waals surface area (Å²) in [5.41, 5.74) is 15.8. The standard InChI is InChI=1S/C48H31N3/c1-2-11-32(12-3-1)47-39-26-22-33(29-41(39)40-16-10-28-49-48(40)47)31-20-23-34(24-21-31)50-45-19-9-6-15-38(45)42-30-35(25-27-46(42)50)51-43-17-7-4-13-36(43)37-14-5-8-18-44(37)51/h1-30,47H/t47-/m1/s1. The third-order valence-corrected chi connectivity index (χ3v) is 10.9. The van der Waals surface area contributed by atoms with Gasteiger partial charge in [0.1, 0.15) is 0 Å². The molecule has 0 N–H and O–H groups in total. The van der Waals surface area contributed by atoms with Crippen LogP contribution in [0.4, 0.5) is 0 Å². The van der Waals surface area contributed by atoms with E-state index in [1.807, 2.05) is 6.20 Å². The largest absolute Gasteiger partial charge is 0.309 e. The summed E-state index contributed by atoms with van der Waals surface area (Å²) in [6.45, 7) is 0. The van der Waals surface area contributed by atoms with E-state index in [-0.39, 0.29) is 5.92 Å². The number of pyridine rings is 1. The smallest absolute Gasteiger partial charge is 0.0601 e. The van der Waals surface area contributed by atoms with Crippen LogP contribution >= 0.6 is 0 Å². The Labute approximate surface area is 295 Å². The Hall–Kier alpha value is -6.71. The van der Waals surface area contributed by atoms with Gasteiger partial charge in [0.2, 0.25) is 0 Å². The van der Waals surface area contributed by atoms with Crippen LogP contribution in [-0.2, 0) is 0 Å². The normalized spacial score (nSPS) is 13.7. The minimum Gasteiger partial charge on any atom is -0.309 e. The number of aromatic nitrogens is 3. The molecule has 3 nitrogen and oxygen atoms in total. The Morgan fingerprint density at radius 2 is 0.961 bits per heavy atom. The molecule has 10 aromatic rings. The summed E-state index contributed by atoms with van der Waals surface area (Å²) in [6, 6.07) is 64.1. The molecule has 0 saturated carbocycles. The Balaban J connectivity index is 1.02. The predicted molar refractivity (Wildman–Crippen MR) is 211 cm³/mol. The second-order valence-corrected chi connectivity index (χ2v) is 13.6. The van der Waals surface area contributed by atoms with Gasteiger partial charge in [-0.05, 0) is 88.5 Å². The highest BCUT2D eigenvalue weighted by atomic mass is 15.0. The first-order chi connectivity index (χ1) is 25.3. The highest BCUT2D eigenvalue weighted by molar-refractivity contribution is 6.12. The number of hydrogen-bond acceptors (Lipinski definition) is 1. The average Bonchev–Trinajstić information content (AvgIpc) is 3.84. The van der Waals surface area contributed by atoms with Gasteiger partial charge in [-0.3, -0.25) is 4.98 Å². The topological polar surface area (TPSA) is 22.8 Å². The van der Waals surface area contributed by atoms with Crippen molar-refractivity contribution in [1.29, 1.82) is 0 Å². The molecular formula is C48H31N3. The van der Waals surface area contributed by atoms with E-state index in [9.17, 15) is 0 Å². The van der Waals surface area contributed by atoms with Crippen LogP contribution in [0, 0.1) is 0 Å². The van der Waals surface area contributed by atoms with E-state index >= 15 is 0 Å². The molecule has 0 unspecified atom stereocenters. The minimum atomic E-state index is 0.152. The van der Waals surface area contributed by atoms with Gasteiger partial charge in [-0.15, -0.1) is 0 Å². The average molecular weight is 650 g/mol. The minimum absolute atomic E-state index is 0.152. The van der Waals surface area contributed by atoms with Crippen LogP contribution in [0.3, 0.4) is 0 Å². The molecule has 3 aromatic heterocycles. The lowest BCUT2D eigenvalue weighted by molar-refractivity contribution is 0.954. The summed E-state index contributed by atoms with van der Waals surface area (Å²) in [5.74, 6) is 0.152. The van der Waals surface area contributed by atoms with Crippen LogP contribution in [-0.4, -0.2) is 14.1 Å². The Kier molecular flexibility index (Phi) is 6.02. The zero-order chi connectivity index (χ0) is 33.5. The van der Waals surface area contributed by atoms with E-state index in [0.717, 1.165) is 11.4 Å². The van der Waals surface area contributed by atoms with Crippen molar-refractivity contribution < 1.29 is 0 Å². The second-order valence-electron chi connectivity index (χ2n) is 13.6. The quantitative estimate of drug-likeness (QED) is 0.186. The monoisotopic (exact) mass is 649 g/mol. The molecule has 0 spiro atoms. The molecule has 3 heterocycles. The molecule has 0 radical (unpaired) electrons. The van der Waals surface area contributed by atoms with E-state index in [4.69, 9.17) is 4.98 Å². The van der Waals surface area contributed by atoms with Crippen molar-refractivity contribution in [3.8, 4) is 33.6 Å². The molecule has 7 aromatic carbocycles. The molecule has 3 heteroatoms. The lowest BCUT2D eigenvalue weighted by Crippen LogP contribution is -2.00. The number of nitrogens with zero attached hydrogens (tertiary/aromatic N) is 3. The fraction of sp³-hybridized carbons (Fsp3) is 0.0208. The van der Waals surface area contributed by atoms with Crippen LogP contribution in [0.25, 0.3) is 77.2 Å². The first-order valence-electron chi connectivity index (χ1n) is 17.6. The predicted octanol–water partition coefficient (Wildman–Crippen LogP) is 12.1. The number of fused-ring (bicyclic) bond motifs is 9. The molecular weight excluding hydrogens is 619 g/mol. The van der Waals surface area contributed by atoms with Gasteiger partial charge in [0.05, 0.1) is 33.7 Å². The van der Waals surface area contributed by atoms with Gasteiger partial charge >= 0.3 is 0 Å². The van der Waals surface area contributed by atoms with Crippen molar-refractivity contribution in [1.82, 2.24) is 14.1 Å². The molecule has 0 aliphatic heterocycles.